The number of hydrogen-bond donors (Lipinski definition) is 0. The second kappa shape index (κ2) is 7.89. The van der Waals surface area contributed by atoms with Gasteiger partial charge in [-0.15, -0.1) is 12.4 Å². The van der Waals surface area contributed by atoms with Crippen LogP contribution < -0.4 is 4.74 Å². The number of nitrogens with zero attached hydrogens (tertiary/aromatic N) is 1. The Kier molecular flexibility index (Phi) is 5.76. The van der Waals surface area contributed by atoms with Gasteiger partial charge in [-0.25, -0.2) is 0 Å². The number of halogens is 1. The topological polar surface area (TPSA) is 29.5 Å². The van der Waals surface area contributed by atoms with Crippen LogP contribution in [0.4, 0.5) is 0 Å². The van der Waals surface area contributed by atoms with E-state index in [1.54, 1.807) is 7.11 Å². The highest BCUT2D eigenvalue weighted by atomic mass is 35.5. The average Bonchev–Trinajstić information content (AvgIpc) is 2.67. The number of ketones is 1. The Morgan fingerprint density at radius 3 is 2.72 bits per heavy atom. The maximum Gasteiger partial charge on any atom is 0.136 e. The molecule has 1 saturated heterocycles. The average molecular weight is 418 g/mol. The number of Topliss-reactive ketones (excluding diaryl/α,β-unsaturated/α-hetero) is 1. The van der Waals surface area contributed by atoms with E-state index < -0.39 is 0 Å². The molecule has 2 bridgehead atoms. The predicted octanol–water partition coefficient (Wildman–Crippen LogP) is 5.04. The molecule has 1 aromatic carbocycles. The molecule has 29 heavy (non-hydrogen) atoms. The van der Waals surface area contributed by atoms with E-state index in [-0.39, 0.29) is 23.7 Å². The Morgan fingerprint density at radius 2 is 2.07 bits per heavy atom. The lowest BCUT2D eigenvalue weighted by atomic mass is 9.47. The summed E-state index contributed by atoms with van der Waals surface area (Å²) in [6.45, 7) is 6.95. The van der Waals surface area contributed by atoms with Crippen LogP contribution in [0.15, 0.2) is 18.2 Å². The zero-order valence-corrected chi connectivity index (χ0v) is 19.0. The van der Waals surface area contributed by atoms with Gasteiger partial charge < -0.3 is 4.74 Å². The molecule has 160 valence electrons. The number of carbonyl (C=O) groups excluding carboxylic acids is 1. The van der Waals surface area contributed by atoms with Gasteiger partial charge in [0.1, 0.15) is 11.5 Å². The number of ether oxygens (including phenoxy) is 1. The molecule has 0 radical (unpaired) electrons. The molecule has 1 aromatic rings. The van der Waals surface area contributed by atoms with Crippen molar-refractivity contribution in [2.24, 2.45) is 23.7 Å². The maximum atomic E-state index is 13.1. The molecule has 2 unspecified atom stereocenters. The Morgan fingerprint density at radius 1 is 1.28 bits per heavy atom. The van der Waals surface area contributed by atoms with Crippen LogP contribution in [-0.2, 0) is 16.6 Å². The summed E-state index contributed by atoms with van der Waals surface area (Å²) in [4.78, 5) is 16.0. The first-order chi connectivity index (χ1) is 13.6. The van der Waals surface area contributed by atoms with E-state index >= 15 is 0 Å². The van der Waals surface area contributed by atoms with E-state index in [1.807, 2.05) is 0 Å². The fraction of sp³-hybridized carbons (Fsp3) is 0.720. The van der Waals surface area contributed by atoms with Crippen LogP contribution in [0.25, 0.3) is 0 Å². The van der Waals surface area contributed by atoms with Crippen LogP contribution in [0.5, 0.6) is 5.75 Å². The highest BCUT2D eigenvalue weighted by Gasteiger charge is 2.60. The molecule has 1 heterocycles. The monoisotopic (exact) mass is 417 g/mol. The Balaban J connectivity index is 0.00000205. The summed E-state index contributed by atoms with van der Waals surface area (Å²) in [5.74, 6) is 3.67. The van der Waals surface area contributed by atoms with E-state index in [0.29, 0.717) is 23.7 Å². The lowest BCUT2D eigenvalue weighted by Crippen LogP contribution is -2.66. The van der Waals surface area contributed by atoms with Crippen molar-refractivity contribution in [3.05, 3.63) is 29.3 Å². The maximum absolute atomic E-state index is 13.1. The van der Waals surface area contributed by atoms with Crippen LogP contribution in [0.3, 0.4) is 0 Å². The van der Waals surface area contributed by atoms with Crippen LogP contribution in [0.2, 0.25) is 0 Å². The van der Waals surface area contributed by atoms with Gasteiger partial charge in [0.25, 0.3) is 0 Å². The van der Waals surface area contributed by atoms with Gasteiger partial charge in [-0.05, 0) is 73.2 Å². The van der Waals surface area contributed by atoms with Crippen molar-refractivity contribution in [1.82, 2.24) is 4.90 Å². The molecule has 5 atom stereocenters. The molecule has 4 heteroatoms. The SMILES string of the molecule is CCC1C(C)C(=O)C[C@]23CCN(CC4CCC4)[C@H](Cc4ccc(OC)cc42)[C@H]13.Cl. The summed E-state index contributed by atoms with van der Waals surface area (Å²) in [7, 11) is 1.76. The number of fused-ring (bicyclic) bond motifs is 1. The van der Waals surface area contributed by atoms with Gasteiger partial charge >= 0.3 is 0 Å². The lowest BCUT2D eigenvalue weighted by molar-refractivity contribution is -0.140. The number of piperidine rings is 1. The first-order valence-corrected chi connectivity index (χ1v) is 11.5. The number of rotatable bonds is 4. The summed E-state index contributed by atoms with van der Waals surface area (Å²) in [5.41, 5.74) is 2.94. The highest BCUT2D eigenvalue weighted by Crippen LogP contribution is 2.59. The first kappa shape index (κ1) is 21.2. The molecule has 4 aliphatic rings. The number of carbonyl (C=O) groups is 1. The van der Waals surface area contributed by atoms with Crippen LogP contribution in [0, 0.1) is 23.7 Å². The minimum absolute atomic E-state index is 0. The van der Waals surface area contributed by atoms with Gasteiger partial charge in [0.15, 0.2) is 0 Å². The van der Waals surface area contributed by atoms with Gasteiger partial charge in [-0.2, -0.15) is 0 Å². The zero-order chi connectivity index (χ0) is 19.5. The first-order valence-electron chi connectivity index (χ1n) is 11.5. The Bertz CT molecular complexity index is 776. The molecule has 0 spiro atoms. The van der Waals surface area contributed by atoms with Crippen molar-refractivity contribution in [3.8, 4) is 5.75 Å². The molecule has 3 nitrogen and oxygen atoms in total. The number of methoxy groups -OCH3 is 1. The molecule has 3 fully saturated rings. The minimum atomic E-state index is 0. The third kappa shape index (κ3) is 3.15. The second-order valence-corrected chi connectivity index (χ2v) is 10.0. The minimum Gasteiger partial charge on any atom is -0.497 e. The third-order valence-electron chi connectivity index (χ3n) is 8.94. The summed E-state index contributed by atoms with van der Waals surface area (Å²) < 4.78 is 5.60. The smallest absolute Gasteiger partial charge is 0.136 e. The highest BCUT2D eigenvalue weighted by molar-refractivity contribution is 5.85. The molecule has 0 amide bonds. The number of hydrogen-bond acceptors (Lipinski definition) is 3. The van der Waals surface area contributed by atoms with Gasteiger partial charge in [0.05, 0.1) is 7.11 Å². The second-order valence-electron chi connectivity index (χ2n) is 10.0. The van der Waals surface area contributed by atoms with Crippen molar-refractivity contribution in [3.63, 3.8) is 0 Å². The molecule has 1 aliphatic heterocycles. The van der Waals surface area contributed by atoms with Crippen LogP contribution in [0.1, 0.15) is 63.5 Å². The normalized spacial score (nSPS) is 36.4. The Labute approximate surface area is 182 Å². The van der Waals surface area contributed by atoms with E-state index in [0.717, 1.165) is 43.9 Å². The quantitative estimate of drug-likeness (QED) is 0.687. The van der Waals surface area contributed by atoms with Gasteiger partial charge in [0, 0.05) is 30.3 Å². The largest absolute Gasteiger partial charge is 0.497 e. The van der Waals surface area contributed by atoms with E-state index in [9.17, 15) is 4.79 Å². The fourth-order valence-electron chi connectivity index (χ4n) is 7.25. The summed E-state index contributed by atoms with van der Waals surface area (Å²) in [6.07, 6.45) is 8.39. The van der Waals surface area contributed by atoms with Crippen molar-refractivity contribution < 1.29 is 9.53 Å². The lowest BCUT2D eigenvalue weighted by Gasteiger charge is -2.62. The van der Waals surface area contributed by atoms with Crippen molar-refractivity contribution in [2.75, 3.05) is 20.2 Å². The zero-order valence-electron chi connectivity index (χ0n) is 18.2. The molecule has 0 aromatic heterocycles. The number of likely N-dealkylation sites (tertiary alicyclic amines) is 1. The third-order valence-corrected chi connectivity index (χ3v) is 8.94. The summed E-state index contributed by atoms with van der Waals surface area (Å²) in [6, 6.07) is 7.29. The van der Waals surface area contributed by atoms with Gasteiger partial charge in [-0.1, -0.05) is 32.8 Å². The van der Waals surface area contributed by atoms with Crippen LogP contribution in [-0.4, -0.2) is 36.9 Å². The molecule has 5 rings (SSSR count). The molecular weight excluding hydrogens is 382 g/mol. The van der Waals surface area contributed by atoms with Crippen LogP contribution >= 0.6 is 12.4 Å². The molecule has 0 N–H and O–H groups in total. The Hall–Kier alpha value is -1.06. The van der Waals surface area contributed by atoms with E-state index in [2.05, 4.69) is 36.9 Å². The molecule has 3 aliphatic carbocycles. The molecular formula is C25H36ClNO2. The van der Waals surface area contributed by atoms with E-state index in [1.165, 1.54) is 36.9 Å². The molecule has 2 saturated carbocycles. The van der Waals surface area contributed by atoms with Crippen molar-refractivity contribution >= 4 is 18.2 Å². The van der Waals surface area contributed by atoms with Gasteiger partial charge in [-0.3, -0.25) is 9.69 Å². The standard InChI is InChI=1S/C25H35NO2.ClH/c1-4-20-16(2)23(27)14-25-10-11-26(15-17-6-5-7-17)22(24(20)25)12-18-8-9-19(28-3)13-21(18)25;/h8-9,13,16-17,20,22,24H,4-7,10-12,14-15H2,1-3H3;1H/t16?,20?,22-,24+,25-;/m1./s1. The van der Waals surface area contributed by atoms with Crippen molar-refractivity contribution in [2.45, 2.75) is 70.3 Å². The predicted molar refractivity (Wildman–Crippen MR) is 119 cm³/mol. The van der Waals surface area contributed by atoms with Gasteiger partial charge in [0.2, 0.25) is 0 Å². The number of benzene rings is 1. The summed E-state index contributed by atoms with van der Waals surface area (Å²) >= 11 is 0. The van der Waals surface area contributed by atoms with Crippen molar-refractivity contribution in [1.29, 1.82) is 0 Å². The van der Waals surface area contributed by atoms with E-state index in [4.69, 9.17) is 4.74 Å². The fourth-order valence-corrected chi connectivity index (χ4v) is 7.25. The summed E-state index contributed by atoms with van der Waals surface area (Å²) in [5, 5.41) is 0.